The van der Waals surface area contributed by atoms with E-state index in [-0.39, 0.29) is 12.5 Å². The highest BCUT2D eigenvalue weighted by Crippen LogP contribution is 2.24. The molecule has 0 fully saturated rings. The number of hydrogen-bond acceptors (Lipinski definition) is 5. The van der Waals surface area contributed by atoms with Gasteiger partial charge in [0.15, 0.2) is 10.6 Å². The minimum Gasteiger partial charge on any atom is -0.441 e. The second-order valence-electron chi connectivity index (χ2n) is 7.09. The molecule has 1 amide bonds. The van der Waals surface area contributed by atoms with Crippen LogP contribution < -0.4 is 5.32 Å². The molecule has 0 aliphatic rings. The number of carbonyl (C=O) groups is 1. The molecule has 2 aromatic heterocycles. The maximum absolute atomic E-state index is 12.7. The molecule has 0 aliphatic carbocycles. The summed E-state index contributed by atoms with van der Waals surface area (Å²) in [6.45, 7) is 5.83. The van der Waals surface area contributed by atoms with Gasteiger partial charge in [-0.25, -0.2) is 4.98 Å². The van der Waals surface area contributed by atoms with Gasteiger partial charge in [0.2, 0.25) is 11.8 Å². The highest BCUT2D eigenvalue weighted by molar-refractivity contribution is 7.71. The van der Waals surface area contributed by atoms with Crippen LogP contribution in [-0.2, 0) is 11.3 Å². The Labute approximate surface area is 178 Å². The van der Waals surface area contributed by atoms with E-state index in [1.54, 1.807) is 4.57 Å². The number of rotatable bonds is 5. The van der Waals surface area contributed by atoms with Crippen LogP contribution in [-0.4, -0.2) is 25.7 Å². The second kappa shape index (κ2) is 8.08. The predicted octanol–water partition coefficient (Wildman–Crippen LogP) is 4.83. The van der Waals surface area contributed by atoms with Gasteiger partial charge in [-0.1, -0.05) is 35.9 Å². The van der Waals surface area contributed by atoms with Crippen molar-refractivity contribution >= 4 is 23.8 Å². The topological polar surface area (TPSA) is 88.7 Å². The van der Waals surface area contributed by atoms with E-state index in [2.05, 4.69) is 20.5 Å². The lowest BCUT2D eigenvalue weighted by Gasteiger charge is -2.09. The third-order valence-corrected chi connectivity index (χ3v) is 5.10. The van der Waals surface area contributed by atoms with Crippen LogP contribution in [0.2, 0.25) is 0 Å². The summed E-state index contributed by atoms with van der Waals surface area (Å²) in [6.07, 6.45) is 0. The number of aromatic nitrogens is 4. The predicted molar refractivity (Wildman–Crippen MR) is 118 cm³/mol. The zero-order valence-electron chi connectivity index (χ0n) is 16.9. The summed E-state index contributed by atoms with van der Waals surface area (Å²) in [6, 6.07) is 15.3. The lowest BCUT2D eigenvalue weighted by Crippen LogP contribution is -2.19. The zero-order chi connectivity index (χ0) is 21.3. The number of anilines is 1. The maximum Gasteiger partial charge on any atom is 0.244 e. The molecule has 2 N–H and O–H groups in total. The molecule has 0 unspecified atom stereocenters. The summed E-state index contributed by atoms with van der Waals surface area (Å²) < 4.78 is 7.75. The molecule has 2 heterocycles. The fourth-order valence-corrected chi connectivity index (χ4v) is 3.25. The number of H-pyrrole nitrogens is 1. The Morgan fingerprint density at radius 2 is 1.90 bits per heavy atom. The molecule has 2 aromatic carbocycles. The second-order valence-corrected chi connectivity index (χ2v) is 7.48. The lowest BCUT2D eigenvalue weighted by atomic mass is 10.1. The van der Waals surface area contributed by atoms with Crippen molar-refractivity contribution in [3.05, 3.63) is 70.3 Å². The van der Waals surface area contributed by atoms with Gasteiger partial charge >= 0.3 is 0 Å². The van der Waals surface area contributed by atoms with Gasteiger partial charge < -0.3 is 9.73 Å². The lowest BCUT2D eigenvalue weighted by molar-refractivity contribution is -0.116. The Kier molecular flexibility index (Phi) is 5.33. The fraction of sp³-hybridized carbons (Fsp3) is 0.182. The van der Waals surface area contributed by atoms with Gasteiger partial charge in [-0.3, -0.25) is 14.5 Å². The van der Waals surface area contributed by atoms with Gasteiger partial charge in [-0.15, -0.1) is 0 Å². The minimum atomic E-state index is -0.210. The average Bonchev–Trinajstić information content (AvgIpc) is 3.25. The highest BCUT2D eigenvalue weighted by atomic mass is 32.1. The Hall–Kier alpha value is -3.52. The molecule has 152 valence electrons. The molecule has 0 aliphatic heterocycles. The normalized spacial score (nSPS) is 10.9. The SMILES string of the molecule is Cc1ccc(-c2n[nH]c(=S)n2CC(=O)Nc2cccc(-c3nc(C)c(C)o3)c2)cc1. The summed E-state index contributed by atoms with van der Waals surface area (Å²) in [4.78, 5) is 17.1. The van der Waals surface area contributed by atoms with Crippen molar-refractivity contribution in [2.24, 2.45) is 0 Å². The van der Waals surface area contributed by atoms with E-state index in [1.165, 1.54) is 0 Å². The summed E-state index contributed by atoms with van der Waals surface area (Å²) in [5.41, 5.74) is 4.32. The summed E-state index contributed by atoms with van der Waals surface area (Å²) in [5.74, 6) is 1.71. The van der Waals surface area contributed by atoms with E-state index in [4.69, 9.17) is 16.6 Å². The van der Waals surface area contributed by atoms with Crippen LogP contribution in [0.3, 0.4) is 0 Å². The Morgan fingerprint density at radius 1 is 1.13 bits per heavy atom. The van der Waals surface area contributed by atoms with Gasteiger partial charge in [0.1, 0.15) is 12.3 Å². The Balaban J connectivity index is 1.54. The number of carbonyl (C=O) groups excluding carboxylic acids is 1. The van der Waals surface area contributed by atoms with Crippen molar-refractivity contribution in [3.63, 3.8) is 0 Å². The van der Waals surface area contributed by atoms with Crippen LogP contribution in [0, 0.1) is 25.5 Å². The molecule has 7 nitrogen and oxygen atoms in total. The third kappa shape index (κ3) is 4.08. The van der Waals surface area contributed by atoms with Crippen LogP contribution in [0.5, 0.6) is 0 Å². The van der Waals surface area contributed by atoms with E-state index in [0.29, 0.717) is 22.2 Å². The molecule has 4 rings (SSSR count). The molecule has 0 bridgehead atoms. The van der Waals surface area contributed by atoms with E-state index < -0.39 is 0 Å². The first-order chi connectivity index (χ1) is 14.4. The molecule has 8 heteroatoms. The first kappa shape index (κ1) is 19.8. The third-order valence-electron chi connectivity index (χ3n) is 4.79. The molecule has 0 radical (unpaired) electrons. The number of oxazole rings is 1. The molecule has 30 heavy (non-hydrogen) atoms. The minimum absolute atomic E-state index is 0.0417. The first-order valence-electron chi connectivity index (χ1n) is 9.47. The number of nitrogens with one attached hydrogen (secondary N) is 2. The molecule has 4 aromatic rings. The molecule has 0 saturated heterocycles. The molecule has 0 saturated carbocycles. The van der Waals surface area contributed by atoms with E-state index in [1.807, 2.05) is 69.3 Å². The average molecular weight is 420 g/mol. The van der Waals surface area contributed by atoms with Gasteiger partial charge in [-0.2, -0.15) is 5.10 Å². The van der Waals surface area contributed by atoms with Crippen LogP contribution in [0.25, 0.3) is 22.8 Å². The van der Waals surface area contributed by atoms with Crippen LogP contribution in [0.1, 0.15) is 17.0 Å². The van der Waals surface area contributed by atoms with Crippen molar-refractivity contribution in [1.29, 1.82) is 0 Å². The summed E-state index contributed by atoms with van der Waals surface area (Å²) >= 11 is 5.33. The number of nitrogens with zero attached hydrogens (tertiary/aromatic N) is 3. The largest absolute Gasteiger partial charge is 0.441 e. The van der Waals surface area contributed by atoms with E-state index in [9.17, 15) is 4.79 Å². The molecule has 0 spiro atoms. The van der Waals surface area contributed by atoms with Crippen LogP contribution in [0.4, 0.5) is 5.69 Å². The van der Waals surface area contributed by atoms with Crippen molar-refractivity contribution in [2.75, 3.05) is 5.32 Å². The monoisotopic (exact) mass is 419 g/mol. The van der Waals surface area contributed by atoms with E-state index >= 15 is 0 Å². The Morgan fingerprint density at radius 3 is 2.60 bits per heavy atom. The number of amides is 1. The van der Waals surface area contributed by atoms with Crippen molar-refractivity contribution < 1.29 is 9.21 Å². The Bertz CT molecular complexity index is 1250. The first-order valence-corrected chi connectivity index (χ1v) is 9.88. The quantitative estimate of drug-likeness (QED) is 0.453. The number of benzene rings is 2. The van der Waals surface area contributed by atoms with Gasteiger partial charge in [0, 0.05) is 16.8 Å². The number of hydrogen-bond donors (Lipinski definition) is 2. The standard InChI is InChI=1S/C22H21N5O2S/c1-13-7-9-16(10-8-13)20-25-26-22(30)27(20)12-19(28)24-18-6-4-5-17(11-18)21-23-14(2)15(3)29-21/h4-11H,12H2,1-3H3,(H,24,28)(H,26,30). The van der Waals surface area contributed by atoms with Gasteiger partial charge in [0.05, 0.1) is 5.69 Å². The van der Waals surface area contributed by atoms with Crippen LogP contribution >= 0.6 is 12.2 Å². The van der Waals surface area contributed by atoms with Crippen molar-refractivity contribution in [3.8, 4) is 22.8 Å². The summed E-state index contributed by atoms with van der Waals surface area (Å²) in [5, 5.41) is 9.97. The molecule has 0 atom stereocenters. The van der Waals surface area contributed by atoms with Crippen LogP contribution in [0.15, 0.2) is 52.9 Å². The van der Waals surface area contributed by atoms with Crippen molar-refractivity contribution in [1.82, 2.24) is 19.7 Å². The fourth-order valence-electron chi connectivity index (χ4n) is 3.06. The smallest absolute Gasteiger partial charge is 0.244 e. The van der Waals surface area contributed by atoms with Gasteiger partial charge in [0.25, 0.3) is 0 Å². The van der Waals surface area contributed by atoms with Gasteiger partial charge in [-0.05, 0) is 51.2 Å². The maximum atomic E-state index is 12.7. The molecular weight excluding hydrogens is 398 g/mol. The number of aromatic amines is 1. The van der Waals surface area contributed by atoms with E-state index in [0.717, 1.165) is 28.1 Å². The number of aryl methyl sites for hydroxylation is 3. The zero-order valence-corrected chi connectivity index (χ0v) is 17.7. The summed E-state index contributed by atoms with van der Waals surface area (Å²) in [7, 11) is 0. The van der Waals surface area contributed by atoms with Crippen molar-refractivity contribution in [2.45, 2.75) is 27.3 Å². The molecular formula is C22H21N5O2S. The highest BCUT2D eigenvalue weighted by Gasteiger charge is 2.14.